The van der Waals surface area contributed by atoms with Gasteiger partial charge in [-0.25, -0.2) is 0 Å². The molecule has 0 bridgehead atoms. The van der Waals surface area contributed by atoms with Crippen LogP contribution in [0, 0.1) is 23.7 Å². The molecule has 4 unspecified atom stereocenters. The van der Waals surface area contributed by atoms with Crippen molar-refractivity contribution in [2.24, 2.45) is 23.7 Å². The Morgan fingerprint density at radius 2 is 1.70 bits per heavy atom. The second-order valence-electron chi connectivity index (χ2n) is 7.37. The van der Waals surface area contributed by atoms with E-state index in [-0.39, 0.29) is 23.8 Å². The molecule has 0 radical (unpaired) electrons. The Balaban J connectivity index is 2.89. The van der Waals surface area contributed by atoms with Gasteiger partial charge < -0.3 is 0 Å². The van der Waals surface area contributed by atoms with Gasteiger partial charge in [-0.1, -0.05) is 0 Å². The SMILES string of the molecule is CCC1OC(=O)C(C)C(=O)C(C)CC(C)CC[C](=[V])CC[C@H]1C. The van der Waals surface area contributed by atoms with Crippen LogP contribution in [0.1, 0.15) is 73.1 Å². The molecule has 0 aromatic carbocycles. The van der Waals surface area contributed by atoms with Gasteiger partial charge in [-0.2, -0.15) is 0 Å². The van der Waals surface area contributed by atoms with Crippen LogP contribution in [-0.2, 0) is 31.3 Å². The van der Waals surface area contributed by atoms with Gasteiger partial charge >= 0.3 is 150 Å². The number of hydrogen-bond acceptors (Lipinski definition) is 3. The third kappa shape index (κ3) is 6.54. The summed E-state index contributed by atoms with van der Waals surface area (Å²) >= 11 is 2.72. The van der Waals surface area contributed by atoms with E-state index >= 15 is 0 Å². The first-order valence-electron chi connectivity index (χ1n) is 9.04. The average Bonchev–Trinajstić information content (AvgIpc) is 2.52. The van der Waals surface area contributed by atoms with Gasteiger partial charge in [0.2, 0.25) is 0 Å². The monoisotopic (exact) mass is 359 g/mol. The molecule has 0 spiro atoms. The number of Topliss-reactive ketones (excluding diaryl/α,β-unsaturated/α-hetero) is 1. The van der Waals surface area contributed by atoms with Crippen molar-refractivity contribution in [3.63, 3.8) is 0 Å². The third-order valence-corrected chi connectivity index (χ3v) is 5.84. The van der Waals surface area contributed by atoms with E-state index < -0.39 is 5.92 Å². The van der Waals surface area contributed by atoms with Crippen LogP contribution in [0.3, 0.4) is 0 Å². The molecule has 0 amide bonds. The van der Waals surface area contributed by atoms with Crippen LogP contribution in [0.25, 0.3) is 0 Å². The van der Waals surface area contributed by atoms with Crippen molar-refractivity contribution < 1.29 is 31.3 Å². The van der Waals surface area contributed by atoms with Crippen LogP contribution >= 0.6 is 0 Å². The van der Waals surface area contributed by atoms with Gasteiger partial charge in [-0.15, -0.1) is 0 Å². The Bertz CT molecular complexity index is 432. The number of carbonyl (C=O) groups excluding carboxylic acids is 2. The maximum absolute atomic E-state index is 12.5. The summed E-state index contributed by atoms with van der Waals surface area (Å²) in [5.41, 5.74) is 0. The van der Waals surface area contributed by atoms with Gasteiger partial charge in [-0.3, -0.25) is 0 Å². The molecule has 0 aromatic heterocycles. The molecular formula is C19H32O3V. The second-order valence-corrected chi connectivity index (χ2v) is 8.36. The standard InChI is InChI=1S/C19H32O3.V/c1-6-17-14(3)11-9-7-8-10-13(2)12-15(4)18(20)16(5)19(21)22-17;/h13-17H,6,8-12H2,1-5H3;/t13?,14-,15?,16?,17?;/m1./s1. The van der Waals surface area contributed by atoms with E-state index in [9.17, 15) is 9.59 Å². The van der Waals surface area contributed by atoms with Gasteiger partial charge in [0.25, 0.3) is 0 Å². The molecule has 23 heavy (non-hydrogen) atoms. The quantitative estimate of drug-likeness (QED) is 0.523. The van der Waals surface area contributed by atoms with E-state index in [0.717, 1.165) is 38.5 Å². The molecule has 1 saturated heterocycles. The predicted octanol–water partition coefficient (Wildman–Crippen LogP) is 4.11. The van der Waals surface area contributed by atoms with E-state index in [2.05, 4.69) is 30.8 Å². The first-order valence-corrected chi connectivity index (χ1v) is 9.73. The number of rotatable bonds is 1. The third-order valence-electron chi connectivity index (χ3n) is 5.14. The molecule has 1 rings (SSSR count). The van der Waals surface area contributed by atoms with Crippen LogP contribution < -0.4 is 0 Å². The first-order chi connectivity index (χ1) is 10.8. The van der Waals surface area contributed by atoms with Crippen molar-refractivity contribution in [1.29, 1.82) is 0 Å². The Hall–Kier alpha value is -0.406. The van der Waals surface area contributed by atoms with Gasteiger partial charge in [0.05, 0.1) is 0 Å². The molecule has 0 saturated carbocycles. The van der Waals surface area contributed by atoms with Crippen molar-refractivity contribution in [3.8, 4) is 0 Å². The molecule has 3 nitrogen and oxygen atoms in total. The van der Waals surface area contributed by atoms with Crippen molar-refractivity contribution in [1.82, 2.24) is 0 Å². The van der Waals surface area contributed by atoms with E-state index in [1.807, 2.05) is 13.8 Å². The number of ketones is 1. The van der Waals surface area contributed by atoms with Crippen LogP contribution in [0.5, 0.6) is 0 Å². The Kier molecular flexibility index (Phi) is 8.78. The van der Waals surface area contributed by atoms with E-state index in [0.29, 0.717) is 11.8 Å². The summed E-state index contributed by atoms with van der Waals surface area (Å²) in [4.78, 5) is 24.9. The number of ether oxygens (including phenoxy) is 1. The minimum absolute atomic E-state index is 0.0258. The topological polar surface area (TPSA) is 43.4 Å². The van der Waals surface area contributed by atoms with Crippen molar-refractivity contribution in [2.75, 3.05) is 0 Å². The first kappa shape index (κ1) is 20.6. The minimum atomic E-state index is -0.647. The zero-order valence-electron chi connectivity index (χ0n) is 15.3. The van der Waals surface area contributed by atoms with E-state index in [4.69, 9.17) is 4.74 Å². The fourth-order valence-electron chi connectivity index (χ4n) is 3.35. The second kappa shape index (κ2) is 9.78. The van der Waals surface area contributed by atoms with E-state index in [1.165, 1.54) is 4.23 Å². The van der Waals surface area contributed by atoms with Crippen LogP contribution in [0.4, 0.5) is 0 Å². The molecule has 1 aliphatic heterocycles. The van der Waals surface area contributed by atoms with Crippen molar-refractivity contribution in [3.05, 3.63) is 0 Å². The summed E-state index contributed by atoms with van der Waals surface area (Å²) in [7, 11) is 0. The molecule has 0 aliphatic carbocycles. The van der Waals surface area contributed by atoms with Gasteiger partial charge in [0.1, 0.15) is 0 Å². The Morgan fingerprint density at radius 1 is 1.09 bits per heavy atom. The summed E-state index contributed by atoms with van der Waals surface area (Å²) in [6.07, 6.45) is 5.90. The van der Waals surface area contributed by atoms with E-state index in [1.54, 1.807) is 6.92 Å². The zero-order chi connectivity index (χ0) is 17.6. The van der Waals surface area contributed by atoms with Crippen LogP contribution in [-0.4, -0.2) is 22.1 Å². The number of esters is 1. The van der Waals surface area contributed by atoms with Crippen molar-refractivity contribution in [2.45, 2.75) is 79.2 Å². The van der Waals surface area contributed by atoms with Gasteiger partial charge in [0.15, 0.2) is 0 Å². The molecule has 131 valence electrons. The van der Waals surface area contributed by atoms with Gasteiger partial charge in [0, 0.05) is 0 Å². The molecule has 0 N–H and O–H groups in total. The fraction of sp³-hybridized carbons (Fsp3) is 0.842. The summed E-state index contributed by atoms with van der Waals surface area (Å²) in [5, 5.41) is 0. The Labute approximate surface area is 150 Å². The molecule has 0 aromatic rings. The maximum atomic E-state index is 12.5. The molecule has 1 heterocycles. The number of carbonyl (C=O) groups is 2. The summed E-state index contributed by atoms with van der Waals surface area (Å²) < 4.78 is 7.14. The van der Waals surface area contributed by atoms with Crippen LogP contribution in [0.2, 0.25) is 0 Å². The summed E-state index contributed by atoms with van der Waals surface area (Å²) in [6.45, 7) is 10.0. The number of hydrogen-bond donors (Lipinski definition) is 0. The van der Waals surface area contributed by atoms with Gasteiger partial charge in [-0.05, 0) is 0 Å². The molecular weight excluding hydrogens is 327 g/mol. The zero-order valence-corrected chi connectivity index (χ0v) is 16.7. The molecule has 1 aliphatic rings. The summed E-state index contributed by atoms with van der Waals surface area (Å²) in [6, 6.07) is 0. The normalized spacial score (nSPS) is 35.5. The number of cyclic esters (lactones) is 1. The van der Waals surface area contributed by atoms with Crippen molar-refractivity contribution >= 4 is 16.0 Å². The summed E-state index contributed by atoms with van der Waals surface area (Å²) in [5.74, 6) is -0.225. The Morgan fingerprint density at radius 3 is 2.30 bits per heavy atom. The average molecular weight is 359 g/mol. The molecule has 5 atom stereocenters. The fourth-order valence-corrected chi connectivity index (χ4v) is 3.75. The predicted molar refractivity (Wildman–Crippen MR) is 89.9 cm³/mol. The van der Waals surface area contributed by atoms with Crippen LogP contribution in [0.15, 0.2) is 0 Å². The molecule has 1 fully saturated rings. The molecule has 4 heteroatoms.